The monoisotopic (exact) mass is 283 g/mol. The van der Waals surface area contributed by atoms with Crippen molar-refractivity contribution in [2.45, 2.75) is 31.4 Å². The number of amides is 1. The smallest absolute Gasteiger partial charge is 0.224 e. The van der Waals surface area contributed by atoms with Gasteiger partial charge >= 0.3 is 0 Å². The van der Waals surface area contributed by atoms with E-state index in [4.69, 9.17) is 16.3 Å². The number of nitrogens with one attached hydrogen (secondary N) is 1. The van der Waals surface area contributed by atoms with Gasteiger partial charge in [0, 0.05) is 23.6 Å². The molecule has 3 nitrogen and oxygen atoms in total. The Hall–Kier alpha value is -1.13. The first-order chi connectivity index (χ1) is 9.13. The molecule has 1 amide bonds. The molecule has 1 N–H and O–H groups in total. The fourth-order valence-corrected chi connectivity index (χ4v) is 3.09. The molecule has 2 aliphatic rings. The zero-order valence-electron chi connectivity index (χ0n) is 10.4. The van der Waals surface area contributed by atoms with Crippen LogP contribution in [0.3, 0.4) is 0 Å². The van der Waals surface area contributed by atoms with Gasteiger partial charge in [0.2, 0.25) is 5.91 Å². The predicted molar refractivity (Wildman–Crippen MR) is 69.5 cm³/mol. The average Bonchev–Trinajstić information content (AvgIpc) is 2.71. The van der Waals surface area contributed by atoms with Crippen LogP contribution in [0, 0.1) is 11.7 Å². The Morgan fingerprint density at radius 3 is 3.11 bits per heavy atom. The van der Waals surface area contributed by atoms with Crippen LogP contribution < -0.4 is 5.32 Å². The molecule has 1 heterocycles. The standard InChI is InChI=1S/C14H15ClFNO2/c15-11-6-9(16)2-1-8(11)5-14(18)17-12-7-13-10(12)3-4-19-13/h1-2,6,10,12-13H,3-5,7H2,(H,17,18)/t10-,12+,13+/m1/s1. The lowest BCUT2D eigenvalue weighted by molar-refractivity contribution is -0.123. The maximum atomic E-state index is 12.9. The summed E-state index contributed by atoms with van der Waals surface area (Å²) in [5.74, 6) is 0.00981. The minimum Gasteiger partial charge on any atom is -0.378 e. The van der Waals surface area contributed by atoms with Crippen molar-refractivity contribution in [3.63, 3.8) is 0 Å². The van der Waals surface area contributed by atoms with Gasteiger partial charge in [0.05, 0.1) is 12.5 Å². The first-order valence-corrected chi connectivity index (χ1v) is 6.86. The molecule has 3 atom stereocenters. The molecular formula is C14H15ClFNO2. The van der Waals surface area contributed by atoms with Gasteiger partial charge in [0.1, 0.15) is 5.82 Å². The molecule has 5 heteroatoms. The summed E-state index contributed by atoms with van der Waals surface area (Å²) >= 11 is 5.91. The number of benzene rings is 1. The van der Waals surface area contributed by atoms with Gasteiger partial charge in [-0.3, -0.25) is 4.79 Å². The molecule has 2 fully saturated rings. The second-order valence-electron chi connectivity index (χ2n) is 5.18. The van der Waals surface area contributed by atoms with E-state index in [0.29, 0.717) is 22.6 Å². The van der Waals surface area contributed by atoms with Gasteiger partial charge in [-0.05, 0) is 30.5 Å². The van der Waals surface area contributed by atoms with E-state index in [-0.39, 0.29) is 24.2 Å². The zero-order valence-corrected chi connectivity index (χ0v) is 11.1. The van der Waals surface area contributed by atoms with Crippen molar-refractivity contribution in [3.8, 4) is 0 Å². The van der Waals surface area contributed by atoms with Crippen LogP contribution in [-0.4, -0.2) is 24.7 Å². The molecule has 1 saturated carbocycles. The lowest BCUT2D eigenvalue weighted by atomic mass is 9.76. The van der Waals surface area contributed by atoms with Gasteiger partial charge in [-0.1, -0.05) is 17.7 Å². The van der Waals surface area contributed by atoms with Crippen LogP contribution in [0.15, 0.2) is 18.2 Å². The summed E-state index contributed by atoms with van der Waals surface area (Å²) in [4.78, 5) is 11.9. The molecule has 0 spiro atoms. The van der Waals surface area contributed by atoms with Crippen molar-refractivity contribution in [2.24, 2.45) is 5.92 Å². The van der Waals surface area contributed by atoms with E-state index >= 15 is 0 Å². The van der Waals surface area contributed by atoms with E-state index in [1.807, 2.05) is 0 Å². The van der Waals surface area contributed by atoms with E-state index in [2.05, 4.69) is 5.32 Å². The molecule has 1 aromatic carbocycles. The molecule has 0 radical (unpaired) electrons. The zero-order chi connectivity index (χ0) is 13.4. The van der Waals surface area contributed by atoms with Crippen LogP contribution in [0.4, 0.5) is 4.39 Å². The Kier molecular flexibility index (Phi) is 3.46. The van der Waals surface area contributed by atoms with Crippen molar-refractivity contribution >= 4 is 17.5 Å². The van der Waals surface area contributed by atoms with Crippen molar-refractivity contribution in [1.82, 2.24) is 5.32 Å². The highest BCUT2D eigenvalue weighted by molar-refractivity contribution is 6.31. The number of carbonyl (C=O) groups excluding carboxylic acids is 1. The Morgan fingerprint density at radius 1 is 1.53 bits per heavy atom. The highest BCUT2D eigenvalue weighted by Crippen LogP contribution is 2.38. The Bertz CT molecular complexity index is 508. The first-order valence-electron chi connectivity index (χ1n) is 6.48. The number of carbonyl (C=O) groups is 1. The topological polar surface area (TPSA) is 38.3 Å². The quantitative estimate of drug-likeness (QED) is 0.924. The molecule has 1 aliphatic carbocycles. The van der Waals surface area contributed by atoms with Crippen molar-refractivity contribution in [2.75, 3.05) is 6.61 Å². The van der Waals surface area contributed by atoms with E-state index in [0.717, 1.165) is 19.4 Å². The lowest BCUT2D eigenvalue weighted by Gasteiger charge is -2.39. The molecule has 1 aliphatic heterocycles. The third kappa shape index (κ3) is 2.60. The largest absolute Gasteiger partial charge is 0.378 e. The summed E-state index contributed by atoms with van der Waals surface area (Å²) < 4.78 is 18.4. The molecule has 102 valence electrons. The van der Waals surface area contributed by atoms with E-state index < -0.39 is 0 Å². The van der Waals surface area contributed by atoms with Crippen LogP contribution in [0.2, 0.25) is 5.02 Å². The molecule has 1 saturated heterocycles. The van der Waals surface area contributed by atoms with E-state index in [1.54, 1.807) is 6.07 Å². The highest BCUT2D eigenvalue weighted by Gasteiger charge is 2.45. The summed E-state index contributed by atoms with van der Waals surface area (Å²) in [6.45, 7) is 0.797. The Balaban J connectivity index is 1.56. The Labute approximate surface area is 116 Å². The van der Waals surface area contributed by atoms with Crippen LogP contribution in [-0.2, 0) is 16.0 Å². The number of halogens is 2. The van der Waals surface area contributed by atoms with Crippen LogP contribution in [0.25, 0.3) is 0 Å². The fourth-order valence-electron chi connectivity index (χ4n) is 2.86. The second-order valence-corrected chi connectivity index (χ2v) is 5.59. The minimum absolute atomic E-state index is 0.0659. The molecular weight excluding hydrogens is 269 g/mol. The maximum Gasteiger partial charge on any atom is 0.224 e. The predicted octanol–water partition coefficient (Wildman–Crippen LogP) is 2.32. The Morgan fingerprint density at radius 2 is 2.37 bits per heavy atom. The summed E-state index contributed by atoms with van der Waals surface area (Å²) in [5, 5.41) is 3.30. The van der Waals surface area contributed by atoms with Crippen molar-refractivity contribution < 1.29 is 13.9 Å². The van der Waals surface area contributed by atoms with Gasteiger partial charge in [0.25, 0.3) is 0 Å². The van der Waals surface area contributed by atoms with Gasteiger partial charge in [0.15, 0.2) is 0 Å². The number of hydrogen-bond donors (Lipinski definition) is 1. The normalized spacial score (nSPS) is 28.6. The molecule has 1 aromatic rings. The summed E-state index contributed by atoms with van der Waals surface area (Å²) in [5.41, 5.74) is 0.652. The summed E-state index contributed by atoms with van der Waals surface area (Å²) in [6.07, 6.45) is 2.44. The van der Waals surface area contributed by atoms with Crippen LogP contribution in [0.5, 0.6) is 0 Å². The SMILES string of the molecule is O=C(Cc1ccc(F)cc1Cl)N[C@H]1C[C@@H]2OCC[C@H]12. The second kappa shape index (κ2) is 5.10. The van der Waals surface area contributed by atoms with Gasteiger partial charge in [-0.2, -0.15) is 0 Å². The summed E-state index contributed by atoms with van der Waals surface area (Å²) in [7, 11) is 0. The van der Waals surface area contributed by atoms with Gasteiger partial charge in [-0.15, -0.1) is 0 Å². The lowest BCUT2D eigenvalue weighted by Crippen LogP contribution is -2.53. The van der Waals surface area contributed by atoms with Crippen LogP contribution in [0.1, 0.15) is 18.4 Å². The molecule has 19 heavy (non-hydrogen) atoms. The fraction of sp³-hybridized carbons (Fsp3) is 0.500. The molecule has 0 aromatic heterocycles. The molecule has 0 bridgehead atoms. The number of rotatable bonds is 3. The van der Waals surface area contributed by atoms with Gasteiger partial charge in [-0.25, -0.2) is 4.39 Å². The van der Waals surface area contributed by atoms with E-state index in [1.165, 1.54) is 12.1 Å². The van der Waals surface area contributed by atoms with Gasteiger partial charge < -0.3 is 10.1 Å². The molecule has 0 unspecified atom stereocenters. The van der Waals surface area contributed by atoms with E-state index in [9.17, 15) is 9.18 Å². The number of fused-ring (bicyclic) bond motifs is 1. The average molecular weight is 284 g/mol. The van der Waals surface area contributed by atoms with Crippen molar-refractivity contribution in [1.29, 1.82) is 0 Å². The van der Waals surface area contributed by atoms with Crippen molar-refractivity contribution in [3.05, 3.63) is 34.6 Å². The minimum atomic E-state index is -0.390. The molecule has 3 rings (SSSR count). The number of hydrogen-bond acceptors (Lipinski definition) is 2. The third-order valence-corrected chi connectivity index (χ3v) is 4.33. The maximum absolute atomic E-state index is 12.9. The van der Waals surface area contributed by atoms with Crippen LogP contribution >= 0.6 is 11.6 Å². The summed E-state index contributed by atoms with van der Waals surface area (Å²) in [6, 6.07) is 4.33. The third-order valence-electron chi connectivity index (χ3n) is 3.98. The number of ether oxygens (including phenoxy) is 1. The highest BCUT2D eigenvalue weighted by atomic mass is 35.5. The first kappa shape index (κ1) is 12.9.